The first-order valence-corrected chi connectivity index (χ1v) is 55.6. The summed E-state index contributed by atoms with van der Waals surface area (Å²) in [5.74, 6) is 0.622. The summed E-state index contributed by atoms with van der Waals surface area (Å²) < 4.78 is 31.7. The fourth-order valence-corrected chi connectivity index (χ4v) is 26.1. The number of pyridine rings is 6. The molecule has 2 aliphatic heterocycles. The maximum absolute atomic E-state index is 12.8. The van der Waals surface area contributed by atoms with E-state index in [-0.39, 0.29) is 60.3 Å². The van der Waals surface area contributed by atoms with Gasteiger partial charge in [-0.2, -0.15) is 0 Å². The van der Waals surface area contributed by atoms with E-state index in [1.807, 2.05) is 176 Å². The number of benzene rings is 11. The molecule has 0 N–H and O–H groups in total. The van der Waals surface area contributed by atoms with Crippen molar-refractivity contribution in [1.82, 2.24) is 29.9 Å². The summed E-state index contributed by atoms with van der Waals surface area (Å²) in [5.41, 5.74) is 18.9. The molecule has 0 saturated heterocycles. The molecule has 20 rings (SSSR count). The smallest absolute Gasteiger partial charge is 0.189 e. The van der Waals surface area contributed by atoms with Gasteiger partial charge in [0.25, 0.3) is 0 Å². The van der Waals surface area contributed by atoms with Crippen molar-refractivity contribution < 1.29 is 73.2 Å². The summed E-state index contributed by atoms with van der Waals surface area (Å²) in [5, 5.41) is 12.1. The van der Waals surface area contributed by atoms with Gasteiger partial charge in [0.1, 0.15) is 5.58 Å². The number of rotatable bonds is 13. The van der Waals surface area contributed by atoms with Gasteiger partial charge in [-0.3, -0.25) is 0 Å². The first-order chi connectivity index (χ1) is 59.5. The molecule has 0 atom stereocenters. The van der Waals surface area contributed by atoms with Gasteiger partial charge in [0.2, 0.25) is 0 Å². The molecule has 3 radical (unpaired) electrons. The van der Waals surface area contributed by atoms with Crippen LogP contribution in [-0.2, 0) is 76.6 Å². The van der Waals surface area contributed by atoms with Crippen molar-refractivity contribution in [2.75, 3.05) is 0 Å². The fourth-order valence-electron chi connectivity index (χ4n) is 15.6. The van der Waals surface area contributed by atoms with Gasteiger partial charge in [0.05, 0.1) is 34.7 Å². The van der Waals surface area contributed by atoms with E-state index in [0.717, 1.165) is 101 Å². The molecule has 0 saturated carbocycles. The van der Waals surface area contributed by atoms with Crippen LogP contribution in [0.3, 0.4) is 0 Å². The van der Waals surface area contributed by atoms with Gasteiger partial charge in [0.15, 0.2) is 17.9 Å². The second kappa shape index (κ2) is 42.0. The molecule has 17 heteroatoms. The topological polar surface area (TPSA) is 125 Å². The van der Waals surface area contributed by atoms with Gasteiger partial charge >= 0.3 is 0 Å². The molecule has 0 spiro atoms. The molecular weight excluding hydrogens is 2160 g/mol. The summed E-state index contributed by atoms with van der Waals surface area (Å²) in [4.78, 5) is 27.6. The van der Waals surface area contributed by atoms with Crippen LogP contribution in [0.25, 0.3) is 112 Å². The maximum Gasteiger partial charge on any atom is 0.189 e. The number of sulfone groups is 1. The van der Waals surface area contributed by atoms with Crippen LogP contribution in [0.4, 0.5) is 0 Å². The number of furan rings is 1. The third-order valence-electron chi connectivity index (χ3n) is 21.8. The summed E-state index contributed by atoms with van der Waals surface area (Å²) in [6, 6.07) is 130. The molecule has 0 fully saturated rings. The van der Waals surface area contributed by atoms with E-state index >= 15 is 0 Å². The normalized spacial score (nSPS) is 12.2. The van der Waals surface area contributed by atoms with Crippen molar-refractivity contribution in [3.05, 3.63) is 407 Å². The maximum atomic E-state index is 12.8. The Kier molecular flexibility index (Phi) is 31.3. The molecule has 9 heterocycles. The van der Waals surface area contributed by atoms with E-state index in [9.17, 15) is 8.42 Å². The third kappa shape index (κ3) is 21.6. The Balaban J connectivity index is 0.000000144. The summed E-state index contributed by atoms with van der Waals surface area (Å²) in [6.07, 6.45) is 12.5. The van der Waals surface area contributed by atoms with Gasteiger partial charge in [0, 0.05) is 97.5 Å². The summed E-state index contributed by atoms with van der Waals surface area (Å²) in [6.45, 7) is 25.6. The zero-order chi connectivity index (χ0) is 85.7. The van der Waals surface area contributed by atoms with Crippen molar-refractivity contribution in [3.8, 4) is 89.8 Å². The first kappa shape index (κ1) is 94.0. The Morgan fingerprint density at radius 2 is 0.770 bits per heavy atom. The van der Waals surface area contributed by atoms with Crippen molar-refractivity contribution in [3.63, 3.8) is 0 Å². The number of nitrogens with zero attached hydrogens (tertiary/aromatic N) is 6. The van der Waals surface area contributed by atoms with Crippen molar-refractivity contribution in [1.29, 1.82) is 0 Å². The molecular formula is C109H96Ir3N6O3SSi4-6. The Morgan fingerprint density at radius 1 is 0.333 bits per heavy atom. The van der Waals surface area contributed by atoms with E-state index in [2.05, 4.69) is 275 Å². The van der Waals surface area contributed by atoms with E-state index in [4.69, 9.17) is 14.4 Å². The van der Waals surface area contributed by atoms with Crippen LogP contribution in [0.5, 0.6) is 0 Å². The average Bonchev–Trinajstić information content (AvgIpc) is 1.53. The van der Waals surface area contributed by atoms with Crippen LogP contribution < -0.4 is 36.3 Å². The molecule has 635 valence electrons. The fraction of sp³-hybridized carbons (Fsp3) is 0.119. The SMILES string of the molecule is CC(C)Cc1cc(-c2[c-]cc3c(c2)oc2ccccc23)ncc1[Si](C)(C)C.C[Si](C)(C)c1ccc(-c2[c-]cc3c(c2)S(=O)(=O)c2ccccc2-3)nc1.C[Si](C)(C)c1ccc(-c2[c-]cc3c(c2)[Si](c2ccccc2)(c2ccccc2)c2ccccc2-3)nc1.[Ir].[Ir].[Ir].[c-]1ccccc1-c1ccccn1.[c-]1ccccc1-c1ccccn1.[c-]1ccccc1-c1ccccn1. The number of hydrogen-bond acceptors (Lipinski definition) is 9. The Hall–Kier alpha value is -11.1. The molecule has 18 aromatic rings. The van der Waals surface area contributed by atoms with Crippen molar-refractivity contribution in [2.45, 2.75) is 89.0 Å². The first-order valence-electron chi connectivity index (χ1n) is 41.6. The summed E-state index contributed by atoms with van der Waals surface area (Å²) in [7, 11) is -10.2. The number of hydrogen-bond donors (Lipinski definition) is 0. The second-order valence-electron chi connectivity index (χ2n) is 34.0. The van der Waals surface area contributed by atoms with Crippen molar-refractivity contribution >= 4 is 100 Å². The monoisotopic (exact) mass is 2260 g/mol. The third-order valence-corrected chi connectivity index (χ3v) is 34.7. The van der Waals surface area contributed by atoms with Crippen LogP contribution >= 0.6 is 0 Å². The molecule has 2 aliphatic rings. The van der Waals surface area contributed by atoms with Crippen LogP contribution in [-0.4, -0.2) is 70.6 Å². The number of aromatic nitrogens is 6. The molecule has 0 bridgehead atoms. The minimum atomic E-state index is -3.47. The van der Waals surface area contributed by atoms with E-state index in [1.54, 1.807) is 42.9 Å². The largest absolute Gasteiger partial charge is 0.476 e. The minimum absolute atomic E-state index is 0. The van der Waals surface area contributed by atoms with E-state index < -0.39 is 42.1 Å². The molecule has 7 aromatic heterocycles. The molecule has 9 nitrogen and oxygen atoms in total. The quantitative estimate of drug-likeness (QED) is 0.0819. The van der Waals surface area contributed by atoms with Crippen LogP contribution in [0, 0.1) is 42.3 Å². The molecule has 0 amide bonds. The zero-order valence-electron chi connectivity index (χ0n) is 72.2. The van der Waals surface area contributed by atoms with Gasteiger partial charge < -0.3 is 34.3 Å². The zero-order valence-corrected chi connectivity index (χ0v) is 84.2. The molecule has 0 aliphatic carbocycles. The predicted molar refractivity (Wildman–Crippen MR) is 519 cm³/mol. The Morgan fingerprint density at radius 3 is 1.25 bits per heavy atom. The van der Waals surface area contributed by atoms with Crippen LogP contribution in [0.1, 0.15) is 19.4 Å². The van der Waals surface area contributed by atoms with Gasteiger partial charge in [-0.1, -0.05) is 295 Å². The standard InChI is InChI=1S/C32H28NSi2.C24H26NOSi.C20H18NO2SSi.3C11H8N.3Ir/c1-34(2,3)27-19-21-30(33-23-27)24-18-20-29-28-16-10-11-17-31(28)35(32(29)22-24,25-12-6-4-7-13-25)26-14-8-5-9-15-26;1-16(2)12-18-13-21(25-15-24(18)27(3,4)5)17-10-11-20-19-8-6-7-9-22(19)26-23(20)14-17;1-25(2,3)15-9-11-18(21-13-15)14-8-10-17-16-6-4-5-7-19(16)24(22,23)20(17)12-14;3*1-2-6-10(7-3-1)11-8-4-5-9-12-11;;;/h4-17,19-23H,1-3H3;6-9,11,13-16H,12H2,1-5H3;4-7,9-13H,1-3H3;3*1-6,8-9H;;;/q6*-1;;;. The number of fused-ring (bicyclic) bond motifs is 9. The van der Waals surface area contributed by atoms with E-state index in [1.165, 1.54) is 53.0 Å². The molecule has 0 unspecified atom stereocenters. The van der Waals surface area contributed by atoms with Crippen molar-refractivity contribution in [2.24, 2.45) is 5.92 Å². The Bertz CT molecular complexity index is 6410. The molecule has 126 heavy (non-hydrogen) atoms. The minimum Gasteiger partial charge on any atom is -0.476 e. The van der Waals surface area contributed by atoms with E-state index in [0.29, 0.717) is 21.3 Å². The Labute approximate surface area is 787 Å². The number of para-hydroxylation sites is 1. The second-order valence-corrected chi connectivity index (χ2v) is 54.8. The predicted octanol–water partition coefficient (Wildman–Crippen LogP) is 22.2. The average molecular weight is 2260 g/mol. The van der Waals surface area contributed by atoms with Gasteiger partial charge in [-0.25, -0.2) is 8.42 Å². The molecule has 11 aromatic carbocycles. The van der Waals surface area contributed by atoms with Gasteiger partial charge in [-0.05, 0) is 124 Å². The van der Waals surface area contributed by atoms with Gasteiger partial charge in [-0.15, -0.1) is 178 Å². The van der Waals surface area contributed by atoms with Crippen LogP contribution in [0.2, 0.25) is 58.9 Å². The summed E-state index contributed by atoms with van der Waals surface area (Å²) >= 11 is 0. The van der Waals surface area contributed by atoms with Crippen LogP contribution in [0.15, 0.2) is 379 Å².